The van der Waals surface area contributed by atoms with E-state index in [2.05, 4.69) is 250 Å². The van der Waals surface area contributed by atoms with Crippen LogP contribution in [-0.2, 0) is 32.0 Å². The van der Waals surface area contributed by atoms with E-state index >= 15 is 0 Å². The van der Waals surface area contributed by atoms with Crippen molar-refractivity contribution in [2.24, 2.45) is 0 Å². The van der Waals surface area contributed by atoms with Gasteiger partial charge in [-0.25, -0.2) is 14.1 Å². The van der Waals surface area contributed by atoms with Crippen molar-refractivity contribution in [3.63, 3.8) is 0 Å². The van der Waals surface area contributed by atoms with E-state index < -0.39 is 5.41 Å². The van der Waals surface area contributed by atoms with Gasteiger partial charge in [0.2, 0.25) is 0 Å². The van der Waals surface area contributed by atoms with Gasteiger partial charge in [-0.3, -0.25) is 0 Å². The van der Waals surface area contributed by atoms with Gasteiger partial charge in [0.05, 0.1) is 5.54 Å². The Morgan fingerprint density at radius 3 is 1.77 bits per heavy atom. The van der Waals surface area contributed by atoms with Crippen LogP contribution in [0.2, 0.25) is 0 Å². The molecule has 0 spiro atoms. The average molecular weight is 1010 g/mol. The number of benzene rings is 7. The fourth-order valence-electron chi connectivity index (χ4n) is 9.89. The van der Waals surface area contributed by atoms with Gasteiger partial charge < -0.3 is 4.57 Å². The zero-order valence-corrected chi connectivity index (χ0v) is 39.9. The predicted octanol–water partition coefficient (Wildman–Crippen LogP) is 14.9. The molecule has 0 unspecified atom stereocenters. The number of aromatic nitrogens is 4. The second-order valence-corrected chi connectivity index (χ2v) is 18.5. The van der Waals surface area contributed by atoms with Crippen LogP contribution in [0.4, 0.5) is 0 Å². The molecule has 4 nitrogen and oxygen atoms in total. The van der Waals surface area contributed by atoms with Crippen molar-refractivity contribution < 1.29 is 21.1 Å². The standard InChI is InChI=1S/C59H53N4.Pt/c1-40(2)48-27-19-28-49(41(3)4)57(48)42-34-35-60-56(36-42)63-52-29-15-14-26-50(52)51-33-32-46(38-55(51)63)59(43-20-10-8-11-21-43,44-22-12-9-13-23-44)45-24-18-25-47(37-45)61-39-62(58(5,6)7)54-31-17-16-30-53(54)61;/h8-36,39-41H,1-7H3;/q-1;. The van der Waals surface area contributed by atoms with E-state index in [1.807, 2.05) is 6.20 Å². The molecule has 0 saturated carbocycles. The van der Waals surface area contributed by atoms with Crippen LogP contribution in [0.5, 0.6) is 0 Å². The monoisotopic (exact) mass is 1010 g/mol. The second kappa shape index (κ2) is 17.0. The molecule has 0 aliphatic rings. The Labute approximate surface area is 392 Å². The summed E-state index contributed by atoms with van der Waals surface area (Å²) in [4.78, 5) is 5.14. The molecule has 0 atom stereocenters. The average Bonchev–Trinajstić information content (AvgIpc) is 3.87. The summed E-state index contributed by atoms with van der Waals surface area (Å²) in [5, 5.41) is 2.29. The van der Waals surface area contributed by atoms with Crippen molar-refractivity contribution in [2.45, 2.75) is 71.3 Å². The first kappa shape index (κ1) is 42.9. The van der Waals surface area contributed by atoms with E-state index in [1.165, 1.54) is 27.8 Å². The Kier molecular flexibility index (Phi) is 11.4. The van der Waals surface area contributed by atoms with Gasteiger partial charge >= 0.3 is 0 Å². The van der Waals surface area contributed by atoms with Crippen LogP contribution in [0.1, 0.15) is 93.7 Å². The summed E-state index contributed by atoms with van der Waals surface area (Å²) in [6, 6.07) is 69.7. The SMILES string of the molecule is CC(C)c1cccc(C(C)C)c1-c1ccnc(-n2c3[c-]c(C(c4[c-]c(-n5[cH+]n(C(C)(C)C)c6ccccc65)ccc4)(c4ccccc4)c4ccccc4)ccc3c3ccccc32)c1.[Pt]. The molecule has 0 amide bonds. The summed E-state index contributed by atoms with van der Waals surface area (Å²) in [5.74, 6) is 1.61. The van der Waals surface area contributed by atoms with Gasteiger partial charge in [-0.2, -0.15) is 30.3 Å². The molecule has 3 heterocycles. The second-order valence-electron chi connectivity index (χ2n) is 18.5. The summed E-state index contributed by atoms with van der Waals surface area (Å²) < 4.78 is 6.97. The largest absolute Gasteiger partial charge is 0.319 e. The third-order valence-electron chi connectivity index (χ3n) is 12.8. The van der Waals surface area contributed by atoms with Crippen LogP contribution in [0.3, 0.4) is 0 Å². The third-order valence-corrected chi connectivity index (χ3v) is 12.8. The summed E-state index contributed by atoms with van der Waals surface area (Å²) in [6.45, 7) is 15.9. The van der Waals surface area contributed by atoms with Crippen molar-refractivity contribution in [1.82, 2.24) is 18.7 Å². The number of para-hydroxylation sites is 3. The van der Waals surface area contributed by atoms with Gasteiger partial charge in [-0.1, -0.05) is 136 Å². The van der Waals surface area contributed by atoms with Crippen LogP contribution < -0.4 is 0 Å². The molecule has 0 aliphatic carbocycles. The first-order valence-electron chi connectivity index (χ1n) is 22.3. The predicted molar refractivity (Wildman–Crippen MR) is 262 cm³/mol. The topological polar surface area (TPSA) is 27.7 Å². The fraction of sp³-hybridized carbons (Fsp3) is 0.186. The maximum atomic E-state index is 5.14. The molecule has 0 aliphatic heterocycles. The molecule has 7 aromatic carbocycles. The number of nitrogens with zero attached hydrogens (tertiary/aromatic N) is 4. The minimum absolute atomic E-state index is 0. The van der Waals surface area contributed by atoms with Crippen molar-refractivity contribution >= 4 is 32.8 Å². The third kappa shape index (κ3) is 7.13. The molecule has 0 saturated heterocycles. The Morgan fingerprint density at radius 1 is 0.547 bits per heavy atom. The minimum atomic E-state index is -0.797. The van der Waals surface area contributed by atoms with E-state index in [-0.39, 0.29) is 26.6 Å². The van der Waals surface area contributed by atoms with Crippen LogP contribution >= 0.6 is 0 Å². The van der Waals surface area contributed by atoms with Gasteiger partial charge in [0.25, 0.3) is 0 Å². The number of hydrogen-bond acceptors (Lipinski definition) is 1. The van der Waals surface area contributed by atoms with E-state index in [0.717, 1.165) is 61.1 Å². The van der Waals surface area contributed by atoms with E-state index in [1.54, 1.807) is 0 Å². The first-order valence-corrected chi connectivity index (χ1v) is 22.3. The first-order chi connectivity index (χ1) is 30.6. The van der Waals surface area contributed by atoms with Crippen molar-refractivity contribution in [3.8, 4) is 22.6 Å². The maximum Gasteiger partial charge on any atom is 0.188 e. The number of rotatable bonds is 9. The minimum Gasteiger partial charge on any atom is -0.319 e. The Morgan fingerprint density at radius 2 is 1.12 bits per heavy atom. The summed E-state index contributed by atoms with van der Waals surface area (Å²) in [7, 11) is 0. The Balaban J connectivity index is 0.00000518. The molecule has 10 rings (SSSR count). The van der Waals surface area contributed by atoms with Gasteiger partial charge in [-0.05, 0) is 102 Å². The molecule has 10 aromatic rings. The van der Waals surface area contributed by atoms with Gasteiger partial charge in [-0.15, -0.1) is 22.6 Å². The van der Waals surface area contributed by atoms with Crippen LogP contribution in [0.15, 0.2) is 182 Å². The normalized spacial score (nSPS) is 12.1. The quantitative estimate of drug-likeness (QED) is 0.105. The molecule has 64 heavy (non-hydrogen) atoms. The van der Waals surface area contributed by atoms with E-state index in [0.29, 0.717) is 11.8 Å². The van der Waals surface area contributed by atoms with Crippen molar-refractivity contribution in [2.75, 3.05) is 0 Å². The van der Waals surface area contributed by atoms with E-state index in [4.69, 9.17) is 4.98 Å². The molecule has 320 valence electrons. The molecular formula is C59H53N4Pt-. The van der Waals surface area contributed by atoms with Gasteiger partial charge in [0.15, 0.2) is 17.4 Å². The molecule has 0 radical (unpaired) electrons. The summed E-state index contributed by atoms with van der Waals surface area (Å²) in [6.07, 6.45) is 4.21. The molecule has 0 N–H and O–H groups in total. The molecule has 0 bridgehead atoms. The number of hydrogen-bond donors (Lipinski definition) is 0. The van der Waals surface area contributed by atoms with Crippen molar-refractivity contribution in [3.05, 3.63) is 228 Å². The molecular weight excluding hydrogens is 960 g/mol. The van der Waals surface area contributed by atoms with Gasteiger partial charge in [0.1, 0.15) is 5.82 Å². The zero-order valence-electron chi connectivity index (χ0n) is 37.6. The zero-order chi connectivity index (χ0) is 43.5. The van der Waals surface area contributed by atoms with Crippen LogP contribution in [0.25, 0.3) is 55.5 Å². The molecule has 5 heteroatoms. The van der Waals surface area contributed by atoms with E-state index in [9.17, 15) is 0 Å². The fourth-order valence-corrected chi connectivity index (χ4v) is 9.89. The number of imidazole rings is 1. The number of pyridine rings is 1. The molecule has 0 fully saturated rings. The van der Waals surface area contributed by atoms with Crippen LogP contribution in [0, 0.1) is 12.1 Å². The summed E-state index contributed by atoms with van der Waals surface area (Å²) in [5.41, 5.74) is 14.0. The van der Waals surface area contributed by atoms with Gasteiger partial charge in [0, 0.05) is 56.0 Å². The Bertz CT molecular complexity index is 3210. The smallest absolute Gasteiger partial charge is 0.188 e. The maximum absolute atomic E-state index is 5.14. The van der Waals surface area contributed by atoms with Crippen molar-refractivity contribution in [1.29, 1.82) is 0 Å². The van der Waals surface area contributed by atoms with Crippen LogP contribution in [-0.4, -0.2) is 18.7 Å². The number of fused-ring (bicyclic) bond motifs is 4. The Hall–Kier alpha value is -6.35. The molecule has 3 aromatic heterocycles. The summed E-state index contributed by atoms with van der Waals surface area (Å²) >= 11 is 0.